The van der Waals surface area contributed by atoms with Crippen LogP contribution in [0.1, 0.15) is 5.56 Å². The van der Waals surface area contributed by atoms with Crippen LogP contribution < -0.4 is 4.74 Å². The van der Waals surface area contributed by atoms with E-state index in [4.69, 9.17) is 14.3 Å². The Labute approximate surface area is 131 Å². The number of hydrogen-bond acceptors (Lipinski definition) is 6. The van der Waals surface area contributed by atoms with Crippen LogP contribution in [0.2, 0.25) is 0 Å². The molecule has 0 amide bonds. The molecule has 1 aliphatic heterocycles. The van der Waals surface area contributed by atoms with E-state index >= 15 is 0 Å². The van der Waals surface area contributed by atoms with E-state index in [1.807, 2.05) is 24.3 Å². The number of nitrogens with zero attached hydrogens (tertiary/aromatic N) is 2. The van der Waals surface area contributed by atoms with Gasteiger partial charge in [-0.25, -0.2) is 9.97 Å². The topological polar surface area (TPSA) is 68.4 Å². The van der Waals surface area contributed by atoms with E-state index in [2.05, 4.69) is 9.97 Å². The number of para-hydroxylation sites is 1. The Bertz CT molecular complexity index is 831. The van der Waals surface area contributed by atoms with Gasteiger partial charge in [-0.05, 0) is 12.1 Å². The van der Waals surface area contributed by atoms with Crippen molar-refractivity contribution in [2.75, 3.05) is 19.0 Å². The lowest BCUT2D eigenvalue weighted by molar-refractivity contribution is 0.322. The first kappa shape index (κ1) is 13.6. The van der Waals surface area contributed by atoms with Crippen LogP contribution in [-0.2, 0) is 6.42 Å². The standard InChI is InChI=1S/C16H14N2O3S/c19-6-8-22-16-11-5-7-20-14-10-3-1-2-4-12(10)21-15(14)13(11)17-9-18-16/h1-4,9,19H,5-8H2. The lowest BCUT2D eigenvalue weighted by Crippen LogP contribution is -2.03. The summed E-state index contributed by atoms with van der Waals surface area (Å²) in [5, 5.41) is 10.9. The molecule has 5 nitrogen and oxygen atoms in total. The monoisotopic (exact) mass is 314 g/mol. The number of aliphatic hydroxyl groups excluding tert-OH is 1. The maximum Gasteiger partial charge on any atom is 0.196 e. The van der Waals surface area contributed by atoms with Gasteiger partial charge in [0.05, 0.1) is 18.6 Å². The molecule has 0 saturated carbocycles. The van der Waals surface area contributed by atoms with Crippen molar-refractivity contribution in [3.05, 3.63) is 36.2 Å². The van der Waals surface area contributed by atoms with Crippen LogP contribution in [0.15, 0.2) is 40.0 Å². The Balaban J connectivity index is 1.91. The van der Waals surface area contributed by atoms with Crippen LogP contribution in [0, 0.1) is 0 Å². The van der Waals surface area contributed by atoms with Crippen LogP contribution in [0.5, 0.6) is 5.75 Å². The van der Waals surface area contributed by atoms with Gasteiger partial charge in [-0.15, -0.1) is 11.8 Å². The van der Waals surface area contributed by atoms with Crippen molar-refractivity contribution in [2.24, 2.45) is 0 Å². The van der Waals surface area contributed by atoms with E-state index < -0.39 is 0 Å². The summed E-state index contributed by atoms with van der Waals surface area (Å²) in [5.41, 5.74) is 2.61. The molecule has 0 unspecified atom stereocenters. The minimum Gasteiger partial charge on any atom is -0.488 e. The van der Waals surface area contributed by atoms with E-state index in [-0.39, 0.29) is 6.61 Å². The van der Waals surface area contributed by atoms with E-state index in [0.29, 0.717) is 18.1 Å². The lowest BCUT2D eigenvalue weighted by atomic mass is 10.1. The fourth-order valence-electron chi connectivity index (χ4n) is 2.66. The van der Waals surface area contributed by atoms with E-state index in [1.165, 1.54) is 11.8 Å². The van der Waals surface area contributed by atoms with Gasteiger partial charge in [-0.2, -0.15) is 0 Å². The molecular formula is C16H14N2O3S. The molecule has 112 valence electrons. The fourth-order valence-corrected chi connectivity index (χ4v) is 3.44. The third kappa shape index (κ3) is 2.15. The summed E-state index contributed by atoms with van der Waals surface area (Å²) in [6, 6.07) is 7.82. The average molecular weight is 314 g/mol. The molecule has 6 heteroatoms. The van der Waals surface area contributed by atoms with Crippen molar-refractivity contribution in [1.82, 2.24) is 9.97 Å². The number of aromatic nitrogens is 2. The maximum atomic E-state index is 9.03. The first-order valence-corrected chi connectivity index (χ1v) is 8.09. The summed E-state index contributed by atoms with van der Waals surface area (Å²) in [6.45, 7) is 0.680. The predicted molar refractivity (Wildman–Crippen MR) is 84.2 cm³/mol. The van der Waals surface area contributed by atoms with Gasteiger partial charge in [-0.3, -0.25) is 0 Å². The molecule has 4 rings (SSSR count). The summed E-state index contributed by atoms with van der Waals surface area (Å²) < 4.78 is 11.9. The average Bonchev–Trinajstić information content (AvgIpc) is 2.82. The van der Waals surface area contributed by atoms with Crippen molar-refractivity contribution in [3.8, 4) is 17.2 Å². The second-order valence-corrected chi connectivity index (χ2v) is 6.02. The summed E-state index contributed by atoms with van der Waals surface area (Å²) in [4.78, 5) is 8.77. The lowest BCUT2D eigenvalue weighted by Gasteiger charge is -2.08. The summed E-state index contributed by atoms with van der Waals surface area (Å²) in [6.07, 6.45) is 2.27. The molecular weight excluding hydrogens is 300 g/mol. The molecule has 0 aliphatic carbocycles. The molecule has 0 spiro atoms. The molecule has 0 radical (unpaired) electrons. The number of furan rings is 1. The highest BCUT2D eigenvalue weighted by atomic mass is 32.2. The van der Waals surface area contributed by atoms with Crippen LogP contribution in [0.3, 0.4) is 0 Å². The van der Waals surface area contributed by atoms with Gasteiger partial charge in [-0.1, -0.05) is 12.1 Å². The molecule has 3 aromatic rings. The minimum atomic E-state index is 0.121. The van der Waals surface area contributed by atoms with Crippen LogP contribution in [0.25, 0.3) is 22.4 Å². The third-order valence-electron chi connectivity index (χ3n) is 3.60. The molecule has 0 saturated heterocycles. The normalized spacial score (nSPS) is 13.3. The highest BCUT2D eigenvalue weighted by Gasteiger charge is 2.26. The minimum absolute atomic E-state index is 0.121. The molecule has 0 fully saturated rings. The molecule has 1 N–H and O–H groups in total. The highest BCUT2D eigenvalue weighted by Crippen LogP contribution is 2.43. The summed E-state index contributed by atoms with van der Waals surface area (Å²) in [7, 11) is 0. The smallest absolute Gasteiger partial charge is 0.196 e. The fraction of sp³-hybridized carbons (Fsp3) is 0.250. The molecule has 1 aliphatic rings. The Morgan fingerprint density at radius 1 is 1.23 bits per heavy atom. The molecule has 2 aromatic heterocycles. The van der Waals surface area contributed by atoms with Gasteiger partial charge in [0.15, 0.2) is 11.5 Å². The van der Waals surface area contributed by atoms with E-state index in [0.717, 1.165) is 39.4 Å². The van der Waals surface area contributed by atoms with E-state index in [9.17, 15) is 0 Å². The van der Waals surface area contributed by atoms with Gasteiger partial charge in [0.2, 0.25) is 0 Å². The zero-order valence-corrected chi connectivity index (χ0v) is 12.6. The number of thioether (sulfide) groups is 1. The van der Waals surface area contributed by atoms with Crippen LogP contribution in [-0.4, -0.2) is 34.0 Å². The molecule has 3 heterocycles. The van der Waals surface area contributed by atoms with Gasteiger partial charge in [0.25, 0.3) is 0 Å². The number of ether oxygens (including phenoxy) is 1. The largest absolute Gasteiger partial charge is 0.488 e. The van der Waals surface area contributed by atoms with Crippen molar-refractivity contribution >= 4 is 22.7 Å². The van der Waals surface area contributed by atoms with Crippen LogP contribution in [0.4, 0.5) is 0 Å². The quantitative estimate of drug-likeness (QED) is 0.592. The van der Waals surface area contributed by atoms with Gasteiger partial charge in [0, 0.05) is 17.7 Å². The number of rotatable bonds is 3. The zero-order valence-electron chi connectivity index (χ0n) is 11.8. The Hall–Kier alpha value is -2.05. The summed E-state index contributed by atoms with van der Waals surface area (Å²) in [5.74, 6) is 2.03. The van der Waals surface area contributed by atoms with Crippen molar-refractivity contribution in [3.63, 3.8) is 0 Å². The first-order chi connectivity index (χ1) is 10.9. The second kappa shape index (κ2) is 5.62. The van der Waals surface area contributed by atoms with Gasteiger partial charge in [0.1, 0.15) is 22.6 Å². The Kier molecular flexibility index (Phi) is 3.48. The van der Waals surface area contributed by atoms with E-state index in [1.54, 1.807) is 6.33 Å². The number of hydrogen-bond donors (Lipinski definition) is 1. The summed E-state index contributed by atoms with van der Waals surface area (Å²) >= 11 is 1.53. The highest BCUT2D eigenvalue weighted by molar-refractivity contribution is 7.99. The van der Waals surface area contributed by atoms with Crippen molar-refractivity contribution in [1.29, 1.82) is 0 Å². The Morgan fingerprint density at radius 2 is 2.14 bits per heavy atom. The number of benzene rings is 1. The molecule has 0 bridgehead atoms. The number of fused-ring (bicyclic) bond motifs is 5. The maximum absolute atomic E-state index is 9.03. The van der Waals surface area contributed by atoms with Gasteiger partial charge >= 0.3 is 0 Å². The zero-order chi connectivity index (χ0) is 14.9. The Morgan fingerprint density at radius 3 is 3.05 bits per heavy atom. The molecule has 0 atom stereocenters. The van der Waals surface area contributed by atoms with Gasteiger partial charge < -0.3 is 14.3 Å². The van der Waals surface area contributed by atoms with Crippen molar-refractivity contribution in [2.45, 2.75) is 11.4 Å². The van der Waals surface area contributed by atoms with Crippen LogP contribution >= 0.6 is 11.8 Å². The molecule has 22 heavy (non-hydrogen) atoms. The SMILES string of the molecule is OCCSc1ncnc2c1CCOc1c-2oc2ccccc12. The molecule has 1 aromatic carbocycles. The number of aliphatic hydroxyl groups is 1. The van der Waals surface area contributed by atoms with Crippen molar-refractivity contribution < 1.29 is 14.3 Å². The first-order valence-electron chi connectivity index (χ1n) is 7.10. The predicted octanol–water partition coefficient (Wildman–Crippen LogP) is 2.91. The second-order valence-electron chi connectivity index (χ2n) is 4.93. The third-order valence-corrected chi connectivity index (χ3v) is 4.61.